The second-order valence-corrected chi connectivity index (χ2v) is 7.65. The fraction of sp³-hybridized carbons (Fsp3) is 0.160. The van der Waals surface area contributed by atoms with Crippen LogP contribution in [0.3, 0.4) is 0 Å². The van der Waals surface area contributed by atoms with Crippen LogP contribution in [0.1, 0.15) is 38.3 Å². The van der Waals surface area contributed by atoms with Crippen LogP contribution in [-0.4, -0.2) is 15.0 Å². The number of allylic oxidation sites excluding steroid dienone is 8. The average Bonchev–Trinajstić information content (AvgIpc) is 2.78. The molecule has 2 aromatic carbocycles. The Bertz CT molecular complexity index is 1190. The summed E-state index contributed by atoms with van der Waals surface area (Å²) in [5.74, 6) is 2.13. The minimum atomic E-state index is 0.682. The van der Waals surface area contributed by atoms with Gasteiger partial charge >= 0.3 is 0 Å². The molecule has 29 heavy (non-hydrogen) atoms. The van der Waals surface area contributed by atoms with Crippen molar-refractivity contribution in [2.75, 3.05) is 0 Å². The highest BCUT2D eigenvalue weighted by Crippen LogP contribution is 2.34. The summed E-state index contributed by atoms with van der Waals surface area (Å²) in [6.07, 6.45) is 14.4. The molecule has 1 heterocycles. The highest BCUT2D eigenvalue weighted by molar-refractivity contribution is 9.10. The van der Waals surface area contributed by atoms with Crippen molar-refractivity contribution in [2.24, 2.45) is 0 Å². The standard InChI is InChI=1S/C25H22BrN3/c1-3-10-17(4-2)23-27-24(19-12-6-5-7-13-19)29-25(28-23)21-16-15-18-11-8-9-14-20(18)22(21)26/h3-6,8-12,14-16H,7,13H2,1-2H3/b10-3-,17-4+. The predicted molar refractivity (Wildman–Crippen MR) is 125 cm³/mol. The van der Waals surface area contributed by atoms with E-state index in [0.717, 1.165) is 45.2 Å². The van der Waals surface area contributed by atoms with E-state index in [1.54, 1.807) is 0 Å². The molecule has 1 aliphatic rings. The van der Waals surface area contributed by atoms with Crippen molar-refractivity contribution < 1.29 is 0 Å². The molecule has 1 aromatic heterocycles. The van der Waals surface area contributed by atoms with Gasteiger partial charge in [-0.2, -0.15) is 0 Å². The highest BCUT2D eigenvalue weighted by Gasteiger charge is 2.16. The van der Waals surface area contributed by atoms with Crippen LogP contribution >= 0.6 is 15.9 Å². The van der Waals surface area contributed by atoms with Crippen LogP contribution < -0.4 is 0 Å². The first-order valence-electron chi connectivity index (χ1n) is 9.80. The number of benzene rings is 2. The van der Waals surface area contributed by atoms with Gasteiger partial charge in [0, 0.05) is 15.6 Å². The largest absolute Gasteiger partial charge is 0.209 e. The molecule has 0 aliphatic heterocycles. The second kappa shape index (κ2) is 8.66. The molecule has 0 spiro atoms. The molecule has 144 valence electrons. The third-order valence-electron chi connectivity index (χ3n) is 4.96. The first kappa shape index (κ1) is 19.5. The summed E-state index contributed by atoms with van der Waals surface area (Å²) in [5.41, 5.74) is 3.10. The van der Waals surface area contributed by atoms with Crippen LogP contribution in [0.5, 0.6) is 0 Å². The number of hydrogen-bond donors (Lipinski definition) is 0. The van der Waals surface area contributed by atoms with Gasteiger partial charge in [0.2, 0.25) is 0 Å². The minimum Gasteiger partial charge on any atom is -0.209 e. The summed E-state index contributed by atoms with van der Waals surface area (Å²) >= 11 is 3.79. The number of rotatable bonds is 4. The Morgan fingerprint density at radius 2 is 1.83 bits per heavy atom. The van der Waals surface area contributed by atoms with Gasteiger partial charge in [0.1, 0.15) is 0 Å². The highest BCUT2D eigenvalue weighted by atomic mass is 79.9. The molecule has 0 radical (unpaired) electrons. The summed E-state index contributed by atoms with van der Waals surface area (Å²) < 4.78 is 1.00. The molecular formula is C25H22BrN3. The minimum absolute atomic E-state index is 0.682. The van der Waals surface area contributed by atoms with E-state index >= 15 is 0 Å². The molecule has 0 saturated heterocycles. The first-order valence-corrected chi connectivity index (χ1v) is 10.6. The van der Waals surface area contributed by atoms with Crippen molar-refractivity contribution >= 4 is 37.8 Å². The van der Waals surface area contributed by atoms with E-state index in [9.17, 15) is 0 Å². The van der Waals surface area contributed by atoms with E-state index in [2.05, 4.69) is 58.4 Å². The lowest BCUT2D eigenvalue weighted by Gasteiger charge is -2.13. The number of halogens is 1. The van der Waals surface area contributed by atoms with Crippen LogP contribution in [0, 0.1) is 0 Å². The van der Waals surface area contributed by atoms with Crippen LogP contribution in [0.15, 0.2) is 77.3 Å². The Hall–Kier alpha value is -2.85. The molecule has 0 unspecified atom stereocenters. The maximum Gasteiger partial charge on any atom is 0.165 e. The van der Waals surface area contributed by atoms with Crippen LogP contribution in [0.25, 0.3) is 33.3 Å². The monoisotopic (exact) mass is 443 g/mol. The van der Waals surface area contributed by atoms with Gasteiger partial charge < -0.3 is 0 Å². The zero-order chi connectivity index (χ0) is 20.2. The van der Waals surface area contributed by atoms with E-state index in [1.807, 2.05) is 44.2 Å². The predicted octanol–water partition coefficient (Wildman–Crippen LogP) is 7.17. The number of nitrogens with zero attached hydrogens (tertiary/aromatic N) is 3. The smallest absolute Gasteiger partial charge is 0.165 e. The molecular weight excluding hydrogens is 422 g/mol. The fourth-order valence-corrected chi connectivity index (χ4v) is 4.11. The van der Waals surface area contributed by atoms with Gasteiger partial charge in [-0.25, -0.2) is 15.0 Å². The molecule has 3 aromatic rings. The van der Waals surface area contributed by atoms with E-state index < -0.39 is 0 Å². The summed E-state index contributed by atoms with van der Waals surface area (Å²) in [6.45, 7) is 4.01. The van der Waals surface area contributed by atoms with Crippen LogP contribution in [0.4, 0.5) is 0 Å². The molecule has 0 atom stereocenters. The van der Waals surface area contributed by atoms with Crippen molar-refractivity contribution in [1.82, 2.24) is 15.0 Å². The van der Waals surface area contributed by atoms with Crippen LogP contribution in [0.2, 0.25) is 0 Å². The van der Waals surface area contributed by atoms with Gasteiger partial charge in [-0.05, 0) is 65.0 Å². The Kier molecular flexibility index (Phi) is 5.81. The summed E-state index contributed by atoms with van der Waals surface area (Å²) in [5, 5.41) is 2.33. The van der Waals surface area contributed by atoms with E-state index in [-0.39, 0.29) is 0 Å². The topological polar surface area (TPSA) is 38.7 Å². The van der Waals surface area contributed by atoms with Gasteiger partial charge in [-0.1, -0.05) is 66.8 Å². The molecule has 0 N–H and O–H groups in total. The van der Waals surface area contributed by atoms with Crippen molar-refractivity contribution in [1.29, 1.82) is 0 Å². The van der Waals surface area contributed by atoms with Gasteiger partial charge in [-0.3, -0.25) is 0 Å². The third kappa shape index (κ3) is 3.99. The summed E-state index contributed by atoms with van der Waals surface area (Å²) in [7, 11) is 0. The third-order valence-corrected chi connectivity index (χ3v) is 5.81. The van der Waals surface area contributed by atoms with Crippen molar-refractivity contribution in [3.05, 3.63) is 89.0 Å². The summed E-state index contributed by atoms with van der Waals surface area (Å²) in [4.78, 5) is 14.5. The lowest BCUT2D eigenvalue weighted by Crippen LogP contribution is -2.05. The van der Waals surface area contributed by atoms with Gasteiger partial charge in [0.05, 0.1) is 0 Å². The van der Waals surface area contributed by atoms with Gasteiger partial charge in [-0.15, -0.1) is 0 Å². The zero-order valence-corrected chi connectivity index (χ0v) is 18.1. The maximum atomic E-state index is 4.87. The Morgan fingerprint density at radius 1 is 1.00 bits per heavy atom. The van der Waals surface area contributed by atoms with E-state index in [1.165, 1.54) is 5.39 Å². The van der Waals surface area contributed by atoms with Crippen molar-refractivity contribution in [2.45, 2.75) is 26.7 Å². The molecule has 0 bridgehead atoms. The Morgan fingerprint density at radius 3 is 2.59 bits per heavy atom. The van der Waals surface area contributed by atoms with Gasteiger partial charge in [0.15, 0.2) is 17.5 Å². The average molecular weight is 444 g/mol. The lowest BCUT2D eigenvalue weighted by molar-refractivity contribution is 0.958. The van der Waals surface area contributed by atoms with Crippen molar-refractivity contribution in [3.8, 4) is 11.4 Å². The Labute approximate surface area is 179 Å². The molecule has 1 aliphatic carbocycles. The van der Waals surface area contributed by atoms with Gasteiger partial charge in [0.25, 0.3) is 0 Å². The number of hydrogen-bond acceptors (Lipinski definition) is 3. The molecule has 0 amide bonds. The molecule has 3 nitrogen and oxygen atoms in total. The zero-order valence-electron chi connectivity index (χ0n) is 16.6. The van der Waals surface area contributed by atoms with E-state index in [4.69, 9.17) is 15.0 Å². The number of aromatic nitrogens is 3. The second-order valence-electron chi connectivity index (χ2n) is 6.86. The van der Waals surface area contributed by atoms with Crippen molar-refractivity contribution in [3.63, 3.8) is 0 Å². The summed E-state index contributed by atoms with van der Waals surface area (Å²) in [6, 6.07) is 12.5. The Balaban J connectivity index is 1.94. The van der Waals surface area contributed by atoms with Crippen LogP contribution in [-0.2, 0) is 0 Å². The molecule has 4 heteroatoms. The maximum absolute atomic E-state index is 4.87. The lowest BCUT2D eigenvalue weighted by atomic mass is 10.0. The molecule has 0 saturated carbocycles. The molecule has 0 fully saturated rings. The fourth-order valence-electron chi connectivity index (χ4n) is 3.44. The normalized spacial score (nSPS) is 14.6. The van der Waals surface area contributed by atoms with E-state index in [0.29, 0.717) is 11.6 Å². The number of fused-ring (bicyclic) bond motifs is 1. The molecule has 4 rings (SSSR count). The SMILES string of the molecule is C/C=C\C(=C/C)c1nc(C2=CC=CCC2)nc(-c2ccc3ccccc3c2Br)n1. The first-order chi connectivity index (χ1) is 14.2. The quantitative estimate of drug-likeness (QED) is 0.401.